The van der Waals surface area contributed by atoms with Gasteiger partial charge in [0.2, 0.25) is 0 Å². The zero-order valence-corrected chi connectivity index (χ0v) is 40.0. The molecular weight excluding hydrogens is 889 g/mol. The molecule has 1 N–H and O–H groups in total. The third-order valence-corrected chi connectivity index (χ3v) is 8.89. The molecule has 0 spiro atoms. The Balaban J connectivity index is 1.19. The van der Waals surface area contributed by atoms with Gasteiger partial charge < -0.3 is 85.6 Å². The van der Waals surface area contributed by atoms with Gasteiger partial charge in [-0.25, -0.2) is 0 Å². The molecule has 0 radical (unpaired) electrons. The second-order valence-electron chi connectivity index (χ2n) is 14.3. The van der Waals surface area contributed by atoms with Crippen molar-refractivity contribution in [3.05, 3.63) is 90.0 Å². The molecule has 0 aliphatic heterocycles. The van der Waals surface area contributed by atoms with Gasteiger partial charge in [0.25, 0.3) is 0 Å². The predicted molar refractivity (Wildman–Crippen MR) is 252 cm³/mol. The highest BCUT2D eigenvalue weighted by Gasteiger charge is 2.07. The van der Waals surface area contributed by atoms with Crippen molar-refractivity contribution in [2.24, 2.45) is 0 Å². The van der Waals surface area contributed by atoms with Crippen molar-refractivity contribution < 1.29 is 85.6 Å². The summed E-state index contributed by atoms with van der Waals surface area (Å²) in [6.07, 6.45) is 0. The first kappa shape index (κ1) is 58.8. The van der Waals surface area contributed by atoms with E-state index in [9.17, 15) is 0 Å². The summed E-state index contributed by atoms with van der Waals surface area (Å²) in [6.45, 7) is 13.9. The Morgan fingerprint density at radius 2 is 0.441 bits per heavy atom. The summed E-state index contributed by atoms with van der Waals surface area (Å²) in [5.74, 6) is 1.72. The van der Waals surface area contributed by atoms with Gasteiger partial charge in [-0.15, -0.1) is 0 Å². The molecular formula is C50H78O18. The Morgan fingerprint density at radius 3 is 0.676 bits per heavy atom. The van der Waals surface area contributed by atoms with E-state index in [0.29, 0.717) is 222 Å². The molecule has 0 bridgehead atoms. The summed E-state index contributed by atoms with van der Waals surface area (Å²) < 4.78 is 95.7. The first-order valence-electron chi connectivity index (χ1n) is 23.6. The molecule has 0 unspecified atom stereocenters. The number of ether oxygens (including phenoxy) is 17. The topological polar surface area (TPSA) is 177 Å². The maximum atomic E-state index is 8.71. The van der Waals surface area contributed by atoms with Crippen molar-refractivity contribution in [1.82, 2.24) is 0 Å². The molecule has 18 heteroatoms. The smallest absolute Gasteiger partial charge is 0.126 e. The average molecular weight is 967 g/mol. The van der Waals surface area contributed by atoms with Gasteiger partial charge in [0.05, 0.1) is 192 Å². The summed E-state index contributed by atoms with van der Waals surface area (Å²) in [5, 5.41) is 8.71. The first-order chi connectivity index (χ1) is 33.8. The van der Waals surface area contributed by atoms with Crippen molar-refractivity contribution in [3.8, 4) is 17.2 Å². The number of rotatable bonds is 51. The molecule has 3 aromatic rings. The lowest BCUT2D eigenvalue weighted by atomic mass is 10.2. The third-order valence-electron chi connectivity index (χ3n) is 8.89. The van der Waals surface area contributed by atoms with Gasteiger partial charge in [-0.2, -0.15) is 0 Å². The van der Waals surface area contributed by atoms with Crippen molar-refractivity contribution in [2.75, 3.05) is 198 Å². The van der Waals surface area contributed by atoms with Crippen molar-refractivity contribution in [1.29, 1.82) is 0 Å². The van der Waals surface area contributed by atoms with E-state index < -0.39 is 0 Å². The number of benzene rings is 3. The van der Waals surface area contributed by atoms with Crippen LogP contribution in [-0.4, -0.2) is 203 Å². The lowest BCUT2D eigenvalue weighted by Crippen LogP contribution is -2.15. The average Bonchev–Trinajstić information content (AvgIpc) is 3.36. The number of aliphatic hydroxyl groups is 1. The van der Waals surface area contributed by atoms with Gasteiger partial charge in [-0.05, 0) is 11.1 Å². The minimum Gasteiger partial charge on any atom is -0.491 e. The zero-order valence-electron chi connectivity index (χ0n) is 40.0. The number of hydrogen-bond acceptors (Lipinski definition) is 18. The maximum absolute atomic E-state index is 8.71. The van der Waals surface area contributed by atoms with Crippen LogP contribution in [0.2, 0.25) is 0 Å². The van der Waals surface area contributed by atoms with Gasteiger partial charge in [0.15, 0.2) is 0 Å². The van der Waals surface area contributed by atoms with Gasteiger partial charge in [0, 0.05) is 18.2 Å². The van der Waals surface area contributed by atoms with E-state index >= 15 is 0 Å². The van der Waals surface area contributed by atoms with Crippen molar-refractivity contribution in [2.45, 2.75) is 13.2 Å². The minimum atomic E-state index is 0.000998. The Bertz CT molecular complexity index is 1400. The van der Waals surface area contributed by atoms with Crippen LogP contribution in [0.5, 0.6) is 17.2 Å². The van der Waals surface area contributed by atoms with E-state index in [1.807, 2.05) is 60.7 Å². The SMILES string of the molecule is OCCOCCOCCOCCOCCOc1cc(OCCOCCOCCOCCOCCOCc2ccccc2)cc(OCCOCCOCCOCCOCCOCc2ccccc2)c1. The summed E-state index contributed by atoms with van der Waals surface area (Å²) in [4.78, 5) is 0. The van der Waals surface area contributed by atoms with Gasteiger partial charge in [-0.3, -0.25) is 0 Å². The van der Waals surface area contributed by atoms with E-state index in [1.54, 1.807) is 18.2 Å². The molecule has 0 aliphatic carbocycles. The fourth-order valence-electron chi connectivity index (χ4n) is 5.57. The summed E-state index contributed by atoms with van der Waals surface area (Å²) in [5.41, 5.74) is 2.29. The predicted octanol–water partition coefficient (Wildman–Crippen LogP) is 4.45. The lowest BCUT2D eigenvalue weighted by Gasteiger charge is -2.14. The molecule has 0 fully saturated rings. The summed E-state index contributed by atoms with van der Waals surface area (Å²) >= 11 is 0. The minimum absolute atomic E-state index is 0.000998. The molecule has 0 saturated carbocycles. The Kier molecular flexibility index (Phi) is 39.7. The quantitative estimate of drug-likeness (QED) is 0.0785. The van der Waals surface area contributed by atoms with E-state index in [-0.39, 0.29) is 6.61 Å². The van der Waals surface area contributed by atoms with Crippen LogP contribution in [0.4, 0.5) is 0 Å². The molecule has 0 aliphatic rings. The van der Waals surface area contributed by atoms with Crippen LogP contribution in [0.25, 0.3) is 0 Å². The molecule has 3 rings (SSSR count). The third kappa shape index (κ3) is 36.4. The highest BCUT2D eigenvalue weighted by molar-refractivity contribution is 5.42. The molecule has 0 saturated heterocycles. The number of aliphatic hydroxyl groups excluding tert-OH is 1. The Hall–Kier alpha value is -3.54. The second-order valence-corrected chi connectivity index (χ2v) is 14.3. The first-order valence-corrected chi connectivity index (χ1v) is 23.6. The van der Waals surface area contributed by atoms with Gasteiger partial charge in [0.1, 0.15) is 37.1 Å². The molecule has 0 heterocycles. The highest BCUT2D eigenvalue weighted by Crippen LogP contribution is 2.28. The second kappa shape index (κ2) is 45.9. The van der Waals surface area contributed by atoms with Crippen molar-refractivity contribution >= 4 is 0 Å². The highest BCUT2D eigenvalue weighted by atomic mass is 16.6. The van der Waals surface area contributed by atoms with Crippen LogP contribution in [0.3, 0.4) is 0 Å². The van der Waals surface area contributed by atoms with Crippen molar-refractivity contribution in [3.63, 3.8) is 0 Å². The molecule has 0 aromatic heterocycles. The molecule has 3 aromatic carbocycles. The number of hydrogen-bond donors (Lipinski definition) is 1. The largest absolute Gasteiger partial charge is 0.491 e. The van der Waals surface area contributed by atoms with Crippen LogP contribution < -0.4 is 14.2 Å². The lowest BCUT2D eigenvalue weighted by molar-refractivity contribution is -0.0141. The summed E-state index contributed by atoms with van der Waals surface area (Å²) in [6, 6.07) is 25.5. The Morgan fingerprint density at radius 1 is 0.235 bits per heavy atom. The standard InChI is InChI=1S/C50H78O18/c51-11-12-52-13-14-53-15-16-56-25-28-61-35-38-66-48-41-49(67-39-36-62-29-26-57-19-17-54-21-23-59-31-33-64-44-46-7-3-1-4-8-46)43-50(42-48)68-40-37-63-30-27-58-20-18-55-22-24-60-32-34-65-45-47-9-5-2-6-10-47/h1-10,41-43,51H,11-40,44-45H2. The fraction of sp³-hybridized carbons (Fsp3) is 0.640. The van der Waals surface area contributed by atoms with E-state index in [1.165, 1.54) is 0 Å². The normalized spacial score (nSPS) is 11.4. The zero-order chi connectivity index (χ0) is 47.7. The molecule has 68 heavy (non-hydrogen) atoms. The van der Waals surface area contributed by atoms with E-state index in [2.05, 4.69) is 0 Å². The molecule has 0 amide bonds. The van der Waals surface area contributed by atoms with Crippen LogP contribution in [0.15, 0.2) is 78.9 Å². The van der Waals surface area contributed by atoms with Crippen LogP contribution in [0.1, 0.15) is 11.1 Å². The van der Waals surface area contributed by atoms with E-state index in [0.717, 1.165) is 11.1 Å². The molecule has 386 valence electrons. The van der Waals surface area contributed by atoms with Crippen LogP contribution >= 0.6 is 0 Å². The van der Waals surface area contributed by atoms with Gasteiger partial charge >= 0.3 is 0 Å². The monoisotopic (exact) mass is 967 g/mol. The van der Waals surface area contributed by atoms with Gasteiger partial charge in [-0.1, -0.05) is 60.7 Å². The van der Waals surface area contributed by atoms with E-state index in [4.69, 9.17) is 85.6 Å². The maximum Gasteiger partial charge on any atom is 0.126 e. The van der Waals surface area contributed by atoms with Crippen LogP contribution in [-0.2, 0) is 79.5 Å². The molecule has 0 atom stereocenters. The fourth-order valence-corrected chi connectivity index (χ4v) is 5.57. The molecule has 18 nitrogen and oxygen atoms in total. The van der Waals surface area contributed by atoms with Crippen LogP contribution in [0, 0.1) is 0 Å². The summed E-state index contributed by atoms with van der Waals surface area (Å²) in [7, 11) is 0. The Labute approximate surface area is 403 Å².